The first-order valence-electron chi connectivity index (χ1n) is 8.21. The molecule has 2 aliphatic heterocycles. The molecular formula is C16H27N3OS. The Kier molecular flexibility index (Phi) is 4.92. The summed E-state index contributed by atoms with van der Waals surface area (Å²) in [6, 6.07) is 0.882. The summed E-state index contributed by atoms with van der Waals surface area (Å²) >= 11 is 2.06. The minimum Gasteiger partial charge on any atom is -0.375 e. The van der Waals surface area contributed by atoms with E-state index in [1.807, 2.05) is 6.20 Å². The van der Waals surface area contributed by atoms with E-state index >= 15 is 0 Å². The van der Waals surface area contributed by atoms with Crippen LogP contribution in [0.1, 0.15) is 57.2 Å². The molecule has 5 heteroatoms. The van der Waals surface area contributed by atoms with Crippen molar-refractivity contribution in [3.63, 3.8) is 0 Å². The van der Waals surface area contributed by atoms with Gasteiger partial charge in [0, 0.05) is 24.4 Å². The van der Waals surface area contributed by atoms with Crippen LogP contribution in [0.3, 0.4) is 0 Å². The van der Waals surface area contributed by atoms with Crippen molar-refractivity contribution in [3.8, 4) is 0 Å². The van der Waals surface area contributed by atoms with E-state index in [0.717, 1.165) is 26.0 Å². The number of nitrogens with one attached hydrogen (secondary N) is 1. The topological polar surface area (TPSA) is 39.1 Å². The molecule has 1 N–H and O–H groups in total. The van der Waals surface area contributed by atoms with E-state index in [-0.39, 0.29) is 5.60 Å². The molecule has 3 heterocycles. The maximum atomic E-state index is 6.18. The lowest BCUT2D eigenvalue weighted by atomic mass is 9.85. The number of rotatable bonds is 4. The molecule has 3 rings (SSSR count). The Bertz CT molecular complexity index is 451. The maximum Gasteiger partial charge on any atom is 0.0718 e. The Morgan fingerprint density at radius 1 is 1.52 bits per heavy atom. The molecule has 118 valence electrons. The Hall–Kier alpha value is -0.520. The van der Waals surface area contributed by atoms with Crippen molar-refractivity contribution in [2.75, 3.05) is 24.7 Å². The summed E-state index contributed by atoms with van der Waals surface area (Å²) in [5.74, 6) is 2.49. The Morgan fingerprint density at radius 3 is 3.10 bits per heavy atom. The van der Waals surface area contributed by atoms with Crippen LogP contribution in [0.15, 0.2) is 12.4 Å². The van der Waals surface area contributed by atoms with Gasteiger partial charge in [-0.25, -0.2) is 0 Å². The minimum atomic E-state index is 0.133. The summed E-state index contributed by atoms with van der Waals surface area (Å²) in [4.78, 5) is 0. The van der Waals surface area contributed by atoms with E-state index in [1.165, 1.54) is 29.9 Å². The maximum absolute atomic E-state index is 6.18. The average molecular weight is 309 g/mol. The van der Waals surface area contributed by atoms with Gasteiger partial charge in [0.05, 0.1) is 17.8 Å². The smallest absolute Gasteiger partial charge is 0.0718 e. The standard InChI is InChI=1S/C16H27N3OS/c1-3-17-13(2)14-11-18-19(12-14)15-4-7-20-16(10-15)5-8-21-9-6-16/h11-13,15,17H,3-10H2,1-2H3. The fourth-order valence-corrected chi connectivity index (χ4v) is 4.76. The molecule has 0 bridgehead atoms. The third kappa shape index (κ3) is 3.46. The number of aromatic nitrogens is 2. The molecule has 0 amide bonds. The number of thioether (sulfide) groups is 1. The molecule has 4 nitrogen and oxygen atoms in total. The van der Waals surface area contributed by atoms with E-state index < -0.39 is 0 Å². The van der Waals surface area contributed by atoms with Crippen molar-refractivity contribution in [2.24, 2.45) is 0 Å². The summed E-state index contributed by atoms with van der Waals surface area (Å²) in [5, 5.41) is 8.09. The minimum absolute atomic E-state index is 0.133. The van der Waals surface area contributed by atoms with Gasteiger partial charge in [0.2, 0.25) is 0 Å². The van der Waals surface area contributed by atoms with Crippen LogP contribution in [-0.2, 0) is 4.74 Å². The highest BCUT2D eigenvalue weighted by Gasteiger charge is 2.39. The largest absolute Gasteiger partial charge is 0.375 e. The van der Waals surface area contributed by atoms with E-state index in [0.29, 0.717) is 12.1 Å². The normalized spacial score (nSPS) is 26.9. The number of hydrogen-bond donors (Lipinski definition) is 1. The molecule has 0 saturated carbocycles. The summed E-state index contributed by atoms with van der Waals surface area (Å²) in [6.07, 6.45) is 8.88. The van der Waals surface area contributed by atoms with Crippen LogP contribution in [0, 0.1) is 0 Å². The van der Waals surface area contributed by atoms with Gasteiger partial charge < -0.3 is 10.1 Å². The van der Waals surface area contributed by atoms with E-state index in [2.05, 4.69) is 46.9 Å². The number of nitrogens with zero attached hydrogens (tertiary/aromatic N) is 2. The van der Waals surface area contributed by atoms with Crippen molar-refractivity contribution in [3.05, 3.63) is 18.0 Å². The zero-order valence-corrected chi connectivity index (χ0v) is 14.0. The van der Waals surface area contributed by atoms with E-state index in [4.69, 9.17) is 4.74 Å². The Balaban J connectivity index is 1.68. The lowest BCUT2D eigenvalue weighted by Crippen LogP contribution is -2.43. The zero-order valence-electron chi connectivity index (χ0n) is 13.2. The summed E-state index contributed by atoms with van der Waals surface area (Å²) in [6.45, 7) is 6.22. The second-order valence-electron chi connectivity index (χ2n) is 6.32. The first kappa shape index (κ1) is 15.4. The predicted molar refractivity (Wildman–Crippen MR) is 87.8 cm³/mol. The number of ether oxygens (including phenoxy) is 1. The van der Waals surface area contributed by atoms with Crippen LogP contribution in [0.2, 0.25) is 0 Å². The van der Waals surface area contributed by atoms with Crippen molar-refractivity contribution in [1.29, 1.82) is 0 Å². The molecule has 2 atom stereocenters. The molecule has 1 aromatic heterocycles. The first-order chi connectivity index (χ1) is 10.2. The second-order valence-corrected chi connectivity index (χ2v) is 7.55. The van der Waals surface area contributed by atoms with E-state index in [9.17, 15) is 0 Å². The summed E-state index contributed by atoms with van der Waals surface area (Å²) in [5.41, 5.74) is 1.42. The fraction of sp³-hybridized carbons (Fsp3) is 0.812. The predicted octanol–water partition coefficient (Wildman–Crippen LogP) is 3.17. The quantitative estimate of drug-likeness (QED) is 0.927. The molecule has 2 aliphatic rings. The van der Waals surface area contributed by atoms with Crippen molar-refractivity contribution < 1.29 is 4.74 Å². The number of hydrogen-bond acceptors (Lipinski definition) is 4. The van der Waals surface area contributed by atoms with Gasteiger partial charge in [0.15, 0.2) is 0 Å². The third-order valence-electron chi connectivity index (χ3n) is 4.88. The van der Waals surface area contributed by atoms with Gasteiger partial charge in [-0.3, -0.25) is 4.68 Å². The molecule has 2 unspecified atom stereocenters. The highest BCUT2D eigenvalue weighted by atomic mass is 32.2. The van der Waals surface area contributed by atoms with Gasteiger partial charge in [-0.2, -0.15) is 16.9 Å². The molecule has 1 spiro atoms. The molecule has 0 radical (unpaired) electrons. The zero-order chi connectivity index (χ0) is 14.7. The lowest BCUT2D eigenvalue weighted by molar-refractivity contribution is -0.100. The highest BCUT2D eigenvalue weighted by Crippen LogP contribution is 2.41. The van der Waals surface area contributed by atoms with Gasteiger partial charge in [0.1, 0.15) is 0 Å². The van der Waals surface area contributed by atoms with Crippen LogP contribution >= 0.6 is 11.8 Å². The van der Waals surface area contributed by atoms with Gasteiger partial charge in [-0.1, -0.05) is 6.92 Å². The van der Waals surface area contributed by atoms with E-state index in [1.54, 1.807) is 0 Å². The molecular weight excluding hydrogens is 282 g/mol. The van der Waals surface area contributed by atoms with Crippen molar-refractivity contribution >= 4 is 11.8 Å². The summed E-state index contributed by atoms with van der Waals surface area (Å²) in [7, 11) is 0. The van der Waals surface area contributed by atoms with Crippen LogP contribution in [0.25, 0.3) is 0 Å². The second kappa shape index (κ2) is 6.71. The van der Waals surface area contributed by atoms with Crippen LogP contribution < -0.4 is 5.32 Å². The lowest BCUT2D eigenvalue weighted by Gasteiger charge is -2.43. The van der Waals surface area contributed by atoms with Crippen molar-refractivity contribution in [1.82, 2.24) is 15.1 Å². The Morgan fingerprint density at radius 2 is 2.33 bits per heavy atom. The molecule has 0 aromatic carbocycles. The van der Waals surface area contributed by atoms with Gasteiger partial charge >= 0.3 is 0 Å². The van der Waals surface area contributed by atoms with Crippen LogP contribution in [0.5, 0.6) is 0 Å². The first-order valence-corrected chi connectivity index (χ1v) is 9.37. The average Bonchev–Trinajstić information content (AvgIpc) is 2.98. The molecule has 2 fully saturated rings. The van der Waals surface area contributed by atoms with Gasteiger partial charge in [0.25, 0.3) is 0 Å². The van der Waals surface area contributed by atoms with Crippen LogP contribution in [0.4, 0.5) is 0 Å². The molecule has 2 saturated heterocycles. The molecule has 0 aliphatic carbocycles. The van der Waals surface area contributed by atoms with Gasteiger partial charge in [-0.15, -0.1) is 0 Å². The van der Waals surface area contributed by atoms with Crippen LogP contribution in [-0.4, -0.2) is 40.0 Å². The van der Waals surface area contributed by atoms with Crippen molar-refractivity contribution in [2.45, 2.75) is 57.2 Å². The van der Waals surface area contributed by atoms with Gasteiger partial charge in [-0.05, 0) is 50.7 Å². The fourth-order valence-electron chi connectivity index (χ4n) is 3.52. The summed E-state index contributed by atoms with van der Waals surface area (Å²) < 4.78 is 8.37. The highest BCUT2D eigenvalue weighted by molar-refractivity contribution is 7.99. The monoisotopic (exact) mass is 309 g/mol. The molecule has 21 heavy (non-hydrogen) atoms. The molecule has 1 aromatic rings. The third-order valence-corrected chi connectivity index (χ3v) is 5.86. The Labute approximate surface area is 132 Å². The SMILES string of the molecule is CCNC(C)c1cnn(C2CCOC3(CCSCC3)C2)c1.